The van der Waals surface area contributed by atoms with Crippen LogP contribution in [0.4, 0.5) is 10.6 Å². The Hall–Kier alpha value is -2.65. The van der Waals surface area contributed by atoms with Gasteiger partial charge in [-0.25, -0.2) is 4.79 Å². The summed E-state index contributed by atoms with van der Waals surface area (Å²) in [6.45, 7) is 1.17. The maximum absolute atomic E-state index is 11.5. The van der Waals surface area contributed by atoms with Gasteiger partial charge in [0.05, 0.1) is 18.7 Å². The topological polar surface area (TPSA) is 122 Å². The fraction of sp³-hybridized carbons (Fsp3) is 0.333. The summed E-state index contributed by atoms with van der Waals surface area (Å²) in [5, 5.41) is 30.5. The van der Waals surface area contributed by atoms with Crippen LogP contribution in [0.3, 0.4) is 0 Å². The molecule has 25 heavy (non-hydrogen) atoms. The van der Waals surface area contributed by atoms with E-state index in [1.807, 2.05) is 6.07 Å². The molecule has 134 valence electrons. The number of aromatic nitrogens is 2. The number of nitro groups is 1. The summed E-state index contributed by atoms with van der Waals surface area (Å²) in [6, 6.07) is 8.95. The fourth-order valence-electron chi connectivity index (χ4n) is 2.40. The van der Waals surface area contributed by atoms with Crippen LogP contribution in [-0.2, 0) is 13.1 Å². The number of benzene rings is 1. The van der Waals surface area contributed by atoms with E-state index in [2.05, 4.69) is 4.98 Å². The average molecular weight is 369 g/mol. The summed E-state index contributed by atoms with van der Waals surface area (Å²) in [6.07, 6.45) is -0.0918. The second-order valence-electron chi connectivity index (χ2n) is 5.87. The van der Waals surface area contributed by atoms with Gasteiger partial charge >= 0.3 is 17.2 Å². The first-order valence-corrected chi connectivity index (χ1v) is 7.67. The highest BCUT2D eigenvalue weighted by molar-refractivity contribution is 6.28. The Labute approximate surface area is 148 Å². The number of halogens is 1. The van der Waals surface area contributed by atoms with E-state index in [0.29, 0.717) is 0 Å². The first-order chi connectivity index (χ1) is 11.7. The zero-order valence-electron chi connectivity index (χ0n) is 13.4. The molecule has 1 aromatic carbocycles. The van der Waals surface area contributed by atoms with Crippen molar-refractivity contribution in [2.24, 2.45) is 0 Å². The van der Waals surface area contributed by atoms with Gasteiger partial charge in [-0.2, -0.15) is 0 Å². The van der Waals surface area contributed by atoms with Crippen molar-refractivity contribution in [3.63, 3.8) is 0 Å². The third-order valence-electron chi connectivity index (χ3n) is 3.43. The molecular weight excluding hydrogens is 352 g/mol. The van der Waals surface area contributed by atoms with Crippen molar-refractivity contribution in [1.29, 1.82) is 0 Å². The smallest absolute Gasteiger partial charge is 0.407 e. The number of hydrogen-bond acceptors (Lipinski definition) is 5. The lowest BCUT2D eigenvalue weighted by Crippen LogP contribution is -2.45. The van der Waals surface area contributed by atoms with Crippen molar-refractivity contribution in [1.82, 2.24) is 14.5 Å². The van der Waals surface area contributed by atoms with Crippen LogP contribution in [0.1, 0.15) is 12.5 Å². The number of hydrogen-bond donors (Lipinski definition) is 2. The highest BCUT2D eigenvalue weighted by Gasteiger charge is 2.30. The van der Waals surface area contributed by atoms with Crippen molar-refractivity contribution in [2.75, 3.05) is 6.54 Å². The Morgan fingerprint density at radius 2 is 2.08 bits per heavy atom. The molecular formula is C15H17ClN4O5. The minimum atomic E-state index is -1.51. The van der Waals surface area contributed by atoms with Crippen LogP contribution in [0.15, 0.2) is 36.5 Å². The highest BCUT2D eigenvalue weighted by atomic mass is 35.5. The van der Waals surface area contributed by atoms with Gasteiger partial charge in [-0.1, -0.05) is 30.3 Å². The minimum Gasteiger partial charge on any atom is -0.465 e. The molecule has 1 heterocycles. The molecule has 0 aliphatic carbocycles. The summed E-state index contributed by atoms with van der Waals surface area (Å²) in [7, 11) is 0. The Balaban J connectivity index is 2.11. The molecule has 0 unspecified atom stereocenters. The number of nitrogens with zero attached hydrogens (tertiary/aromatic N) is 4. The predicted molar refractivity (Wildman–Crippen MR) is 89.4 cm³/mol. The molecule has 0 saturated carbocycles. The summed E-state index contributed by atoms with van der Waals surface area (Å²) in [5.74, 6) is -0.444. The molecule has 0 spiro atoms. The first-order valence-electron chi connectivity index (χ1n) is 7.29. The molecule has 2 N–H and O–H groups in total. The van der Waals surface area contributed by atoms with Gasteiger partial charge in [0.2, 0.25) is 0 Å². The van der Waals surface area contributed by atoms with E-state index in [-0.39, 0.29) is 24.9 Å². The molecule has 1 aromatic heterocycles. The molecule has 10 heteroatoms. The molecule has 0 radical (unpaired) electrons. The van der Waals surface area contributed by atoms with E-state index in [4.69, 9.17) is 11.6 Å². The normalized spacial score (nSPS) is 13.2. The van der Waals surface area contributed by atoms with Gasteiger partial charge in [-0.15, -0.1) is 0 Å². The summed E-state index contributed by atoms with van der Waals surface area (Å²) in [4.78, 5) is 26.1. The van der Waals surface area contributed by atoms with Gasteiger partial charge in [-0.3, -0.25) is 4.57 Å². The molecule has 0 fully saturated rings. The van der Waals surface area contributed by atoms with E-state index in [9.17, 15) is 25.1 Å². The molecule has 0 aliphatic heterocycles. The predicted octanol–water partition coefficient (Wildman–Crippen LogP) is 2.38. The Bertz CT molecular complexity index is 763. The third kappa shape index (κ3) is 5.16. The first kappa shape index (κ1) is 18.7. The number of imidazole rings is 1. The SMILES string of the molecule is C[C@@](O)(CN(Cc1ccccc1)C(=O)O)Cn1cc([N+](=O)[O-])nc1Cl. The van der Waals surface area contributed by atoms with Crippen LogP contribution in [0.2, 0.25) is 5.28 Å². The van der Waals surface area contributed by atoms with Crippen molar-refractivity contribution in [3.8, 4) is 0 Å². The van der Waals surface area contributed by atoms with Crippen LogP contribution in [-0.4, -0.2) is 47.8 Å². The Morgan fingerprint density at radius 1 is 1.44 bits per heavy atom. The molecule has 2 aromatic rings. The number of aliphatic hydroxyl groups is 1. The maximum atomic E-state index is 11.5. The second kappa shape index (κ2) is 7.49. The van der Waals surface area contributed by atoms with E-state index in [0.717, 1.165) is 16.7 Å². The lowest BCUT2D eigenvalue weighted by Gasteiger charge is -2.30. The highest BCUT2D eigenvalue weighted by Crippen LogP contribution is 2.20. The van der Waals surface area contributed by atoms with Gasteiger partial charge < -0.3 is 25.2 Å². The number of rotatable bonds is 7. The number of carboxylic acid groups (broad SMARTS) is 1. The molecule has 0 aliphatic rings. The molecule has 0 bridgehead atoms. The lowest BCUT2D eigenvalue weighted by molar-refractivity contribution is -0.389. The second-order valence-corrected chi connectivity index (χ2v) is 6.21. The van der Waals surface area contributed by atoms with Crippen molar-refractivity contribution in [3.05, 3.63) is 57.5 Å². The van der Waals surface area contributed by atoms with Gasteiger partial charge in [-0.05, 0) is 34.0 Å². The van der Waals surface area contributed by atoms with E-state index in [1.54, 1.807) is 24.3 Å². The number of carbonyl (C=O) groups is 1. The fourth-order valence-corrected chi connectivity index (χ4v) is 2.60. The Kier molecular flexibility index (Phi) is 5.60. The average Bonchev–Trinajstić information content (AvgIpc) is 2.88. The zero-order chi connectivity index (χ0) is 18.6. The molecule has 2 rings (SSSR count). The van der Waals surface area contributed by atoms with Crippen LogP contribution in [0.25, 0.3) is 0 Å². The van der Waals surface area contributed by atoms with E-state index >= 15 is 0 Å². The van der Waals surface area contributed by atoms with Crippen LogP contribution >= 0.6 is 11.6 Å². The maximum Gasteiger partial charge on any atom is 0.407 e. The van der Waals surface area contributed by atoms with Gasteiger partial charge in [0, 0.05) is 6.54 Å². The summed E-state index contributed by atoms with van der Waals surface area (Å²) < 4.78 is 1.21. The molecule has 0 saturated heterocycles. The number of amides is 1. The third-order valence-corrected chi connectivity index (χ3v) is 3.73. The minimum absolute atomic E-state index is 0.101. The molecule has 1 atom stereocenters. The summed E-state index contributed by atoms with van der Waals surface area (Å²) >= 11 is 5.83. The molecule has 1 amide bonds. The van der Waals surface area contributed by atoms with Crippen LogP contribution in [0.5, 0.6) is 0 Å². The quantitative estimate of drug-likeness (QED) is 0.571. The van der Waals surface area contributed by atoms with Gasteiger partial charge in [0.25, 0.3) is 0 Å². The lowest BCUT2D eigenvalue weighted by atomic mass is 10.1. The Morgan fingerprint density at radius 3 is 2.60 bits per heavy atom. The largest absolute Gasteiger partial charge is 0.465 e. The van der Waals surface area contributed by atoms with Crippen LogP contribution in [0, 0.1) is 10.1 Å². The molecule has 9 nitrogen and oxygen atoms in total. The van der Waals surface area contributed by atoms with E-state index in [1.165, 1.54) is 11.5 Å². The zero-order valence-corrected chi connectivity index (χ0v) is 14.1. The van der Waals surface area contributed by atoms with Crippen molar-refractivity contribution < 1.29 is 19.9 Å². The van der Waals surface area contributed by atoms with Crippen molar-refractivity contribution >= 4 is 23.5 Å². The van der Waals surface area contributed by atoms with E-state index < -0.39 is 22.4 Å². The van der Waals surface area contributed by atoms with Gasteiger partial charge in [0.15, 0.2) is 0 Å². The van der Waals surface area contributed by atoms with Crippen molar-refractivity contribution in [2.45, 2.75) is 25.6 Å². The summed E-state index contributed by atoms with van der Waals surface area (Å²) in [5.41, 5.74) is -0.734. The standard InChI is InChI=1S/C15H17ClN4O5/c1-15(23,9-18-8-12(20(24)25)17-13(18)16)10-19(14(21)22)7-11-5-3-2-4-6-11/h2-6,8,23H,7,9-10H2,1H3,(H,21,22)/t15-/m0/s1. The monoisotopic (exact) mass is 368 g/mol. The van der Waals surface area contributed by atoms with Gasteiger partial charge in [0.1, 0.15) is 6.20 Å². The van der Waals surface area contributed by atoms with Crippen LogP contribution < -0.4 is 0 Å².